The molecule has 1 aromatic heterocycles. The monoisotopic (exact) mass is 341 g/mol. The Labute approximate surface area is 147 Å². The number of carbonyl (C=O) groups excluding carboxylic acids is 2. The van der Waals surface area contributed by atoms with Crippen molar-refractivity contribution in [3.8, 4) is 5.75 Å². The minimum absolute atomic E-state index is 0.0889. The molecule has 2 amide bonds. The normalized spacial score (nSPS) is 14.4. The second-order valence-electron chi connectivity index (χ2n) is 6.19. The fourth-order valence-electron chi connectivity index (χ4n) is 3.03. The molecule has 1 aliphatic rings. The number of rotatable bonds is 5. The standard InChI is InChI=1S/C19H23N3O3/c1-25-17-4-2-3-15(11-17)12-18(23)21-7-9-22(10-8-21)19(24)13-16-5-6-20-14-16/h2-6,11,14,20H,7-10,12-13H2,1H3. The summed E-state index contributed by atoms with van der Waals surface area (Å²) in [5.74, 6) is 0.955. The van der Waals surface area contributed by atoms with Gasteiger partial charge in [-0.2, -0.15) is 0 Å². The minimum Gasteiger partial charge on any atom is -0.497 e. The molecular weight excluding hydrogens is 318 g/mol. The summed E-state index contributed by atoms with van der Waals surface area (Å²) in [5.41, 5.74) is 1.93. The van der Waals surface area contributed by atoms with Gasteiger partial charge in [-0.05, 0) is 29.3 Å². The van der Waals surface area contributed by atoms with E-state index in [2.05, 4.69) is 4.98 Å². The highest BCUT2D eigenvalue weighted by molar-refractivity contribution is 5.81. The number of nitrogens with one attached hydrogen (secondary N) is 1. The van der Waals surface area contributed by atoms with Gasteiger partial charge in [-0.1, -0.05) is 12.1 Å². The summed E-state index contributed by atoms with van der Waals surface area (Å²) in [4.78, 5) is 31.4. The van der Waals surface area contributed by atoms with Crippen molar-refractivity contribution in [2.24, 2.45) is 0 Å². The predicted octanol–water partition coefficient (Wildman–Crippen LogP) is 1.48. The van der Waals surface area contributed by atoms with E-state index in [-0.39, 0.29) is 11.8 Å². The van der Waals surface area contributed by atoms with Gasteiger partial charge in [0.2, 0.25) is 11.8 Å². The highest BCUT2D eigenvalue weighted by Crippen LogP contribution is 2.14. The summed E-state index contributed by atoms with van der Waals surface area (Å²) in [6.07, 6.45) is 4.42. The van der Waals surface area contributed by atoms with Crippen LogP contribution in [0.15, 0.2) is 42.7 Å². The molecular formula is C19H23N3O3. The Balaban J connectivity index is 1.49. The zero-order valence-electron chi connectivity index (χ0n) is 14.4. The highest BCUT2D eigenvalue weighted by Gasteiger charge is 2.24. The van der Waals surface area contributed by atoms with Gasteiger partial charge in [0.15, 0.2) is 0 Å². The van der Waals surface area contributed by atoms with Gasteiger partial charge in [0, 0.05) is 38.6 Å². The third-order valence-corrected chi connectivity index (χ3v) is 4.49. The van der Waals surface area contributed by atoms with E-state index in [1.165, 1.54) is 0 Å². The lowest BCUT2D eigenvalue weighted by Crippen LogP contribution is -2.51. The maximum absolute atomic E-state index is 12.5. The molecule has 132 valence electrons. The topological polar surface area (TPSA) is 65.6 Å². The lowest BCUT2D eigenvalue weighted by atomic mass is 10.1. The number of ether oxygens (including phenoxy) is 1. The average Bonchev–Trinajstić information content (AvgIpc) is 3.15. The Hall–Kier alpha value is -2.76. The lowest BCUT2D eigenvalue weighted by Gasteiger charge is -2.35. The summed E-state index contributed by atoms with van der Waals surface area (Å²) in [6.45, 7) is 2.35. The summed E-state index contributed by atoms with van der Waals surface area (Å²) in [6, 6.07) is 9.47. The number of nitrogens with zero attached hydrogens (tertiary/aromatic N) is 2. The van der Waals surface area contributed by atoms with E-state index in [1.807, 2.05) is 52.5 Å². The van der Waals surface area contributed by atoms with E-state index < -0.39 is 0 Å². The molecule has 0 unspecified atom stereocenters. The predicted molar refractivity (Wildman–Crippen MR) is 94.4 cm³/mol. The molecule has 0 atom stereocenters. The van der Waals surface area contributed by atoms with Crippen LogP contribution in [-0.2, 0) is 22.4 Å². The van der Waals surface area contributed by atoms with Crippen molar-refractivity contribution in [1.29, 1.82) is 0 Å². The van der Waals surface area contributed by atoms with Crippen LogP contribution in [0, 0.1) is 0 Å². The molecule has 0 saturated carbocycles. The first-order chi connectivity index (χ1) is 12.2. The third kappa shape index (κ3) is 4.41. The van der Waals surface area contributed by atoms with E-state index >= 15 is 0 Å². The Morgan fingerprint density at radius 3 is 2.20 bits per heavy atom. The number of hydrogen-bond donors (Lipinski definition) is 1. The number of hydrogen-bond acceptors (Lipinski definition) is 3. The van der Waals surface area contributed by atoms with E-state index in [4.69, 9.17) is 4.74 Å². The Morgan fingerprint density at radius 2 is 1.64 bits per heavy atom. The Morgan fingerprint density at radius 1 is 1.00 bits per heavy atom. The zero-order chi connectivity index (χ0) is 17.6. The molecule has 6 heteroatoms. The Kier molecular flexibility index (Phi) is 5.38. The summed E-state index contributed by atoms with van der Waals surface area (Å²) in [7, 11) is 1.62. The number of aromatic amines is 1. The first kappa shape index (κ1) is 17.1. The van der Waals surface area contributed by atoms with Gasteiger partial charge in [0.25, 0.3) is 0 Å². The van der Waals surface area contributed by atoms with Crippen LogP contribution in [0.2, 0.25) is 0 Å². The molecule has 2 heterocycles. The molecule has 2 aromatic rings. The minimum atomic E-state index is 0.0889. The van der Waals surface area contributed by atoms with Gasteiger partial charge in [-0.25, -0.2) is 0 Å². The van der Waals surface area contributed by atoms with Crippen molar-refractivity contribution < 1.29 is 14.3 Å². The van der Waals surface area contributed by atoms with Crippen LogP contribution in [0.5, 0.6) is 5.75 Å². The molecule has 1 N–H and O–H groups in total. The Bertz CT molecular complexity index is 719. The number of methoxy groups -OCH3 is 1. The second-order valence-corrected chi connectivity index (χ2v) is 6.19. The lowest BCUT2D eigenvalue weighted by molar-refractivity contribution is -0.138. The van der Waals surface area contributed by atoms with Crippen molar-refractivity contribution in [3.05, 3.63) is 53.9 Å². The number of carbonyl (C=O) groups is 2. The average molecular weight is 341 g/mol. The van der Waals surface area contributed by atoms with Gasteiger partial charge < -0.3 is 19.5 Å². The van der Waals surface area contributed by atoms with Crippen molar-refractivity contribution >= 4 is 11.8 Å². The largest absolute Gasteiger partial charge is 0.497 e. The van der Waals surface area contributed by atoms with Crippen LogP contribution in [0.3, 0.4) is 0 Å². The number of benzene rings is 1. The summed E-state index contributed by atoms with van der Waals surface area (Å²) in [5, 5.41) is 0. The molecule has 1 saturated heterocycles. The first-order valence-electron chi connectivity index (χ1n) is 8.46. The molecule has 1 aliphatic heterocycles. The van der Waals surface area contributed by atoms with E-state index in [0.717, 1.165) is 16.9 Å². The molecule has 1 aromatic carbocycles. The SMILES string of the molecule is COc1cccc(CC(=O)N2CCN(C(=O)Cc3cc[nH]c3)CC2)c1. The number of H-pyrrole nitrogens is 1. The van der Waals surface area contributed by atoms with Crippen LogP contribution in [0.25, 0.3) is 0 Å². The van der Waals surface area contributed by atoms with E-state index in [1.54, 1.807) is 7.11 Å². The van der Waals surface area contributed by atoms with E-state index in [0.29, 0.717) is 39.0 Å². The maximum atomic E-state index is 12.5. The van der Waals surface area contributed by atoms with Crippen molar-refractivity contribution in [2.75, 3.05) is 33.3 Å². The molecule has 6 nitrogen and oxygen atoms in total. The fraction of sp³-hybridized carbons (Fsp3) is 0.368. The molecule has 0 spiro atoms. The molecule has 0 aliphatic carbocycles. The molecule has 3 rings (SSSR count). The number of aromatic nitrogens is 1. The first-order valence-corrected chi connectivity index (χ1v) is 8.46. The van der Waals surface area contributed by atoms with Crippen molar-refractivity contribution in [2.45, 2.75) is 12.8 Å². The summed E-state index contributed by atoms with van der Waals surface area (Å²) < 4.78 is 5.19. The van der Waals surface area contributed by atoms with Crippen LogP contribution < -0.4 is 4.74 Å². The molecule has 0 radical (unpaired) electrons. The smallest absolute Gasteiger partial charge is 0.227 e. The second kappa shape index (κ2) is 7.88. The maximum Gasteiger partial charge on any atom is 0.227 e. The fourth-order valence-corrected chi connectivity index (χ4v) is 3.03. The van der Waals surface area contributed by atoms with Gasteiger partial charge in [0.05, 0.1) is 20.0 Å². The van der Waals surface area contributed by atoms with Crippen molar-refractivity contribution in [1.82, 2.24) is 14.8 Å². The van der Waals surface area contributed by atoms with Crippen molar-refractivity contribution in [3.63, 3.8) is 0 Å². The highest BCUT2D eigenvalue weighted by atomic mass is 16.5. The molecule has 1 fully saturated rings. The van der Waals surface area contributed by atoms with E-state index in [9.17, 15) is 9.59 Å². The third-order valence-electron chi connectivity index (χ3n) is 4.49. The number of piperazine rings is 1. The molecule has 25 heavy (non-hydrogen) atoms. The number of amides is 2. The van der Waals surface area contributed by atoms with Gasteiger partial charge in [-0.15, -0.1) is 0 Å². The zero-order valence-corrected chi connectivity index (χ0v) is 14.4. The quantitative estimate of drug-likeness (QED) is 0.896. The van der Waals surface area contributed by atoms with Crippen LogP contribution in [-0.4, -0.2) is 59.9 Å². The van der Waals surface area contributed by atoms with Crippen LogP contribution in [0.1, 0.15) is 11.1 Å². The molecule has 0 bridgehead atoms. The van der Waals surface area contributed by atoms with Gasteiger partial charge in [0.1, 0.15) is 5.75 Å². The van der Waals surface area contributed by atoms with Crippen LogP contribution >= 0.6 is 0 Å². The van der Waals surface area contributed by atoms with Gasteiger partial charge in [-0.3, -0.25) is 9.59 Å². The summed E-state index contributed by atoms with van der Waals surface area (Å²) >= 11 is 0. The van der Waals surface area contributed by atoms with Gasteiger partial charge >= 0.3 is 0 Å². The van der Waals surface area contributed by atoms with Crippen LogP contribution in [0.4, 0.5) is 0 Å².